The van der Waals surface area contributed by atoms with Crippen molar-refractivity contribution >= 4 is 10.9 Å². The third-order valence-corrected chi connectivity index (χ3v) is 3.80. The summed E-state index contributed by atoms with van der Waals surface area (Å²) < 4.78 is 0. The highest BCUT2D eigenvalue weighted by Crippen LogP contribution is 2.22. The standard InChI is InChI=1S/C18H19N3/c19-21-18(10-8-14-5-2-1-3-6-14)16-9-11-17-15(13-16)7-4-12-20-17/h1-7,9,11-13,18,21H,8,10,19H2. The Balaban J connectivity index is 1.78. The molecule has 3 nitrogen and oxygen atoms in total. The van der Waals surface area contributed by atoms with Crippen LogP contribution < -0.4 is 11.3 Å². The van der Waals surface area contributed by atoms with E-state index in [1.807, 2.05) is 18.3 Å². The summed E-state index contributed by atoms with van der Waals surface area (Å²) in [7, 11) is 0. The summed E-state index contributed by atoms with van der Waals surface area (Å²) in [5, 5.41) is 1.15. The van der Waals surface area contributed by atoms with Gasteiger partial charge in [0.1, 0.15) is 0 Å². The number of fused-ring (bicyclic) bond motifs is 1. The van der Waals surface area contributed by atoms with Crippen molar-refractivity contribution < 1.29 is 0 Å². The van der Waals surface area contributed by atoms with E-state index >= 15 is 0 Å². The predicted molar refractivity (Wildman–Crippen MR) is 86.6 cm³/mol. The molecular weight excluding hydrogens is 258 g/mol. The van der Waals surface area contributed by atoms with Gasteiger partial charge in [0, 0.05) is 17.6 Å². The zero-order chi connectivity index (χ0) is 14.5. The van der Waals surface area contributed by atoms with Crippen LogP contribution in [0.1, 0.15) is 23.6 Å². The van der Waals surface area contributed by atoms with E-state index in [9.17, 15) is 0 Å². The molecule has 3 N–H and O–H groups in total. The van der Waals surface area contributed by atoms with Gasteiger partial charge in [-0.1, -0.05) is 42.5 Å². The molecule has 0 aliphatic heterocycles. The Morgan fingerprint density at radius 3 is 2.67 bits per heavy atom. The second-order valence-corrected chi connectivity index (χ2v) is 5.20. The van der Waals surface area contributed by atoms with Crippen LogP contribution in [0.15, 0.2) is 66.9 Å². The van der Waals surface area contributed by atoms with Gasteiger partial charge in [0.15, 0.2) is 0 Å². The molecule has 3 rings (SSSR count). The van der Waals surface area contributed by atoms with Crippen LogP contribution in [0.5, 0.6) is 0 Å². The Morgan fingerprint density at radius 1 is 1.00 bits per heavy atom. The predicted octanol–water partition coefficient (Wildman–Crippen LogP) is 3.37. The molecule has 0 spiro atoms. The van der Waals surface area contributed by atoms with E-state index in [-0.39, 0.29) is 6.04 Å². The van der Waals surface area contributed by atoms with Crippen LogP contribution in [0.4, 0.5) is 0 Å². The van der Waals surface area contributed by atoms with Crippen molar-refractivity contribution in [1.29, 1.82) is 0 Å². The van der Waals surface area contributed by atoms with Gasteiger partial charge in [-0.3, -0.25) is 16.3 Å². The molecule has 0 saturated carbocycles. The fraction of sp³-hybridized carbons (Fsp3) is 0.167. The van der Waals surface area contributed by atoms with Gasteiger partial charge in [-0.2, -0.15) is 0 Å². The number of nitrogens with one attached hydrogen (secondary N) is 1. The summed E-state index contributed by atoms with van der Waals surface area (Å²) in [4.78, 5) is 4.35. The summed E-state index contributed by atoms with van der Waals surface area (Å²) >= 11 is 0. The highest BCUT2D eigenvalue weighted by Gasteiger charge is 2.10. The van der Waals surface area contributed by atoms with Crippen LogP contribution in [0.25, 0.3) is 10.9 Å². The lowest BCUT2D eigenvalue weighted by Gasteiger charge is -2.17. The SMILES string of the molecule is NNC(CCc1ccccc1)c1ccc2ncccc2c1. The number of hydrogen-bond acceptors (Lipinski definition) is 3. The Hall–Kier alpha value is -2.23. The zero-order valence-electron chi connectivity index (χ0n) is 11.9. The molecule has 3 aromatic rings. The fourth-order valence-electron chi connectivity index (χ4n) is 2.61. The van der Waals surface area contributed by atoms with Gasteiger partial charge < -0.3 is 0 Å². The van der Waals surface area contributed by atoms with E-state index in [0.717, 1.165) is 23.7 Å². The lowest BCUT2D eigenvalue weighted by Crippen LogP contribution is -2.28. The lowest BCUT2D eigenvalue weighted by atomic mass is 9.98. The van der Waals surface area contributed by atoms with Gasteiger partial charge in [-0.05, 0) is 42.2 Å². The first-order valence-corrected chi connectivity index (χ1v) is 7.21. The summed E-state index contributed by atoms with van der Waals surface area (Å²) in [6, 6.07) is 21.0. The lowest BCUT2D eigenvalue weighted by molar-refractivity contribution is 0.517. The molecule has 0 saturated heterocycles. The maximum Gasteiger partial charge on any atom is 0.0702 e. The van der Waals surface area contributed by atoms with Gasteiger partial charge >= 0.3 is 0 Å². The number of rotatable bonds is 5. The van der Waals surface area contributed by atoms with Crippen molar-refractivity contribution in [3.63, 3.8) is 0 Å². The maximum atomic E-state index is 5.75. The number of nitrogens with two attached hydrogens (primary N) is 1. The van der Waals surface area contributed by atoms with E-state index in [2.05, 4.69) is 58.9 Å². The Kier molecular flexibility index (Phi) is 4.24. The molecular formula is C18H19N3. The van der Waals surface area contributed by atoms with E-state index in [0.29, 0.717) is 0 Å². The summed E-state index contributed by atoms with van der Waals surface area (Å²) in [6.45, 7) is 0. The first kappa shape index (κ1) is 13.7. The van der Waals surface area contributed by atoms with Gasteiger partial charge in [0.05, 0.1) is 5.52 Å². The molecule has 1 heterocycles. The molecule has 0 aliphatic rings. The average molecular weight is 277 g/mol. The third-order valence-electron chi connectivity index (χ3n) is 3.80. The normalized spacial score (nSPS) is 12.4. The van der Waals surface area contributed by atoms with Gasteiger partial charge in [0.25, 0.3) is 0 Å². The molecule has 21 heavy (non-hydrogen) atoms. The molecule has 0 radical (unpaired) electrons. The summed E-state index contributed by atoms with van der Waals surface area (Å²) in [6.07, 6.45) is 3.78. The number of pyridine rings is 1. The summed E-state index contributed by atoms with van der Waals surface area (Å²) in [5.74, 6) is 5.75. The molecule has 0 aliphatic carbocycles. The number of aromatic nitrogens is 1. The highest BCUT2D eigenvalue weighted by molar-refractivity contribution is 5.79. The monoisotopic (exact) mass is 277 g/mol. The van der Waals surface area contributed by atoms with Crippen LogP contribution in [0.2, 0.25) is 0 Å². The third kappa shape index (κ3) is 3.27. The molecule has 106 valence electrons. The Bertz CT molecular complexity index is 710. The fourth-order valence-corrected chi connectivity index (χ4v) is 2.61. The van der Waals surface area contributed by atoms with Gasteiger partial charge in [-0.25, -0.2) is 0 Å². The van der Waals surface area contributed by atoms with Gasteiger partial charge in [-0.15, -0.1) is 0 Å². The molecule has 1 aromatic heterocycles. The van der Waals surface area contributed by atoms with E-state index < -0.39 is 0 Å². The van der Waals surface area contributed by atoms with Crippen molar-refractivity contribution in [3.8, 4) is 0 Å². The molecule has 0 fully saturated rings. The molecule has 0 bridgehead atoms. The Morgan fingerprint density at radius 2 is 1.86 bits per heavy atom. The van der Waals surface area contributed by atoms with Crippen molar-refractivity contribution in [2.75, 3.05) is 0 Å². The van der Waals surface area contributed by atoms with Crippen LogP contribution in [-0.4, -0.2) is 4.98 Å². The minimum Gasteiger partial charge on any atom is -0.271 e. The zero-order valence-corrected chi connectivity index (χ0v) is 11.9. The van der Waals surface area contributed by atoms with E-state index in [4.69, 9.17) is 5.84 Å². The minimum absolute atomic E-state index is 0.148. The maximum absolute atomic E-state index is 5.75. The molecule has 3 heteroatoms. The molecule has 1 unspecified atom stereocenters. The topological polar surface area (TPSA) is 50.9 Å². The van der Waals surface area contributed by atoms with Crippen molar-refractivity contribution in [1.82, 2.24) is 10.4 Å². The smallest absolute Gasteiger partial charge is 0.0702 e. The number of hydrogen-bond donors (Lipinski definition) is 2. The van der Waals surface area contributed by atoms with Crippen LogP contribution in [0, 0.1) is 0 Å². The number of nitrogens with zero attached hydrogens (tertiary/aromatic N) is 1. The van der Waals surface area contributed by atoms with Crippen LogP contribution in [0.3, 0.4) is 0 Å². The second-order valence-electron chi connectivity index (χ2n) is 5.20. The summed E-state index contributed by atoms with van der Waals surface area (Å²) in [5.41, 5.74) is 6.48. The van der Waals surface area contributed by atoms with Gasteiger partial charge in [0.2, 0.25) is 0 Å². The molecule has 2 aromatic carbocycles. The molecule has 1 atom stereocenters. The average Bonchev–Trinajstić information content (AvgIpc) is 2.56. The van der Waals surface area contributed by atoms with Crippen molar-refractivity contribution in [3.05, 3.63) is 78.0 Å². The minimum atomic E-state index is 0.148. The number of hydrazine groups is 1. The first-order valence-electron chi connectivity index (χ1n) is 7.21. The highest BCUT2D eigenvalue weighted by atomic mass is 15.2. The van der Waals surface area contributed by atoms with Crippen LogP contribution >= 0.6 is 0 Å². The van der Waals surface area contributed by atoms with E-state index in [1.165, 1.54) is 11.1 Å². The molecule has 0 amide bonds. The van der Waals surface area contributed by atoms with Crippen LogP contribution in [-0.2, 0) is 6.42 Å². The Labute approximate surface area is 124 Å². The van der Waals surface area contributed by atoms with E-state index in [1.54, 1.807) is 0 Å². The van der Waals surface area contributed by atoms with Crippen molar-refractivity contribution in [2.24, 2.45) is 5.84 Å². The van der Waals surface area contributed by atoms with Crippen molar-refractivity contribution in [2.45, 2.75) is 18.9 Å². The number of benzene rings is 2. The number of aryl methyl sites for hydroxylation is 1. The quantitative estimate of drug-likeness (QED) is 0.555. The largest absolute Gasteiger partial charge is 0.271 e. The first-order chi connectivity index (χ1) is 10.4. The second kappa shape index (κ2) is 6.48.